The number of hydrogen-bond acceptors (Lipinski definition) is 4. The Morgan fingerprint density at radius 1 is 1.56 bits per heavy atom. The number of hydrogen-bond donors (Lipinski definition) is 1. The first-order valence-electron chi connectivity index (χ1n) is 6.03. The Labute approximate surface area is 116 Å². The van der Waals surface area contributed by atoms with Crippen LogP contribution in [0.5, 0.6) is 0 Å². The van der Waals surface area contributed by atoms with E-state index < -0.39 is 9.84 Å². The molecular weight excluding hydrogens is 316 g/mol. The molecule has 2 heterocycles. The van der Waals surface area contributed by atoms with Crippen molar-refractivity contribution < 1.29 is 8.42 Å². The van der Waals surface area contributed by atoms with Crippen molar-refractivity contribution in [2.24, 2.45) is 5.92 Å². The number of sulfone groups is 1. The second-order valence-electron chi connectivity index (χ2n) is 4.82. The highest BCUT2D eigenvalue weighted by molar-refractivity contribution is 9.10. The molecule has 0 aromatic carbocycles. The van der Waals surface area contributed by atoms with E-state index in [1.807, 2.05) is 13.0 Å². The first-order chi connectivity index (χ1) is 8.46. The number of aryl methyl sites for hydroxylation is 1. The van der Waals surface area contributed by atoms with Gasteiger partial charge in [0, 0.05) is 17.2 Å². The van der Waals surface area contributed by atoms with Gasteiger partial charge in [-0.3, -0.25) is 0 Å². The van der Waals surface area contributed by atoms with Crippen molar-refractivity contribution in [3.63, 3.8) is 0 Å². The van der Waals surface area contributed by atoms with Gasteiger partial charge in [0.05, 0.1) is 11.5 Å². The molecule has 0 saturated carbocycles. The zero-order valence-corrected chi connectivity index (χ0v) is 12.7. The molecule has 0 spiro atoms. The van der Waals surface area contributed by atoms with Crippen LogP contribution in [0.15, 0.2) is 16.7 Å². The number of anilines is 1. The number of pyridine rings is 1. The van der Waals surface area contributed by atoms with E-state index >= 15 is 0 Å². The fourth-order valence-electron chi connectivity index (χ4n) is 2.16. The minimum atomic E-state index is -2.82. The Hall–Kier alpha value is -0.620. The maximum absolute atomic E-state index is 11.5. The van der Waals surface area contributed by atoms with E-state index in [-0.39, 0.29) is 5.92 Å². The van der Waals surface area contributed by atoms with Crippen LogP contribution < -0.4 is 5.32 Å². The number of nitrogens with one attached hydrogen (secondary N) is 1. The Bertz CT molecular complexity index is 531. The molecule has 1 aromatic heterocycles. The van der Waals surface area contributed by atoms with E-state index in [0.29, 0.717) is 18.1 Å². The van der Waals surface area contributed by atoms with Crippen LogP contribution in [0.4, 0.5) is 5.82 Å². The van der Waals surface area contributed by atoms with E-state index in [4.69, 9.17) is 0 Å². The highest BCUT2D eigenvalue weighted by atomic mass is 79.9. The van der Waals surface area contributed by atoms with Gasteiger partial charge in [0.1, 0.15) is 5.82 Å². The molecule has 4 nitrogen and oxygen atoms in total. The van der Waals surface area contributed by atoms with Gasteiger partial charge in [0.25, 0.3) is 0 Å². The molecule has 1 unspecified atom stereocenters. The van der Waals surface area contributed by atoms with Crippen LogP contribution in [0.3, 0.4) is 0 Å². The molecule has 18 heavy (non-hydrogen) atoms. The van der Waals surface area contributed by atoms with E-state index in [9.17, 15) is 8.42 Å². The number of halogens is 1. The molecule has 0 amide bonds. The van der Waals surface area contributed by atoms with E-state index in [1.165, 1.54) is 0 Å². The minimum Gasteiger partial charge on any atom is -0.370 e. The first kappa shape index (κ1) is 13.8. The van der Waals surface area contributed by atoms with Crippen molar-refractivity contribution in [3.8, 4) is 0 Å². The third-order valence-electron chi connectivity index (χ3n) is 3.18. The number of rotatable bonds is 3. The zero-order chi connectivity index (χ0) is 13.2. The predicted molar refractivity (Wildman–Crippen MR) is 76.5 cm³/mol. The molecule has 1 atom stereocenters. The van der Waals surface area contributed by atoms with Crippen molar-refractivity contribution in [1.82, 2.24) is 4.98 Å². The van der Waals surface area contributed by atoms with Crippen molar-refractivity contribution in [1.29, 1.82) is 0 Å². The second-order valence-corrected chi connectivity index (χ2v) is 7.91. The summed E-state index contributed by atoms with van der Waals surface area (Å²) in [5.74, 6) is 1.66. The summed E-state index contributed by atoms with van der Waals surface area (Å²) in [5, 5.41) is 3.22. The number of nitrogens with zero attached hydrogens (tertiary/aromatic N) is 1. The van der Waals surface area contributed by atoms with Crippen LogP contribution in [0.25, 0.3) is 0 Å². The quantitative estimate of drug-likeness (QED) is 0.923. The molecule has 6 heteroatoms. The van der Waals surface area contributed by atoms with Crippen LogP contribution >= 0.6 is 15.9 Å². The lowest BCUT2D eigenvalue weighted by Gasteiger charge is -2.22. The lowest BCUT2D eigenvalue weighted by molar-refractivity contribution is 0.502. The molecule has 1 aliphatic heterocycles. The van der Waals surface area contributed by atoms with Crippen molar-refractivity contribution in [2.45, 2.75) is 19.8 Å². The van der Waals surface area contributed by atoms with Gasteiger partial charge in [-0.1, -0.05) is 0 Å². The Morgan fingerprint density at radius 3 is 3.00 bits per heavy atom. The van der Waals surface area contributed by atoms with Crippen LogP contribution in [-0.4, -0.2) is 31.5 Å². The summed E-state index contributed by atoms with van der Waals surface area (Å²) in [4.78, 5) is 4.25. The molecule has 1 aromatic rings. The smallest absolute Gasteiger partial charge is 0.150 e. The van der Waals surface area contributed by atoms with Crippen LogP contribution in [0.2, 0.25) is 0 Å². The molecule has 1 aliphatic rings. The van der Waals surface area contributed by atoms with Crippen LogP contribution in [-0.2, 0) is 9.84 Å². The second kappa shape index (κ2) is 5.57. The monoisotopic (exact) mass is 332 g/mol. The Morgan fingerprint density at radius 2 is 2.33 bits per heavy atom. The molecule has 1 fully saturated rings. The normalized spacial score (nSPS) is 22.7. The minimum absolute atomic E-state index is 0.203. The maximum Gasteiger partial charge on any atom is 0.150 e. The van der Waals surface area contributed by atoms with Gasteiger partial charge in [-0.15, -0.1) is 0 Å². The Kier molecular flexibility index (Phi) is 4.27. The molecule has 0 bridgehead atoms. The molecule has 1 N–H and O–H groups in total. The third kappa shape index (κ3) is 3.68. The predicted octanol–water partition coefficient (Wildman–Crippen LogP) is 2.39. The summed E-state index contributed by atoms with van der Waals surface area (Å²) in [6.07, 6.45) is 3.51. The fraction of sp³-hybridized carbons (Fsp3) is 0.583. The van der Waals surface area contributed by atoms with Gasteiger partial charge in [0.15, 0.2) is 9.84 Å². The van der Waals surface area contributed by atoms with Gasteiger partial charge in [-0.2, -0.15) is 0 Å². The molecule has 100 valence electrons. The van der Waals surface area contributed by atoms with Crippen molar-refractivity contribution in [3.05, 3.63) is 22.3 Å². The summed E-state index contributed by atoms with van der Waals surface area (Å²) in [7, 11) is -2.82. The highest BCUT2D eigenvalue weighted by Crippen LogP contribution is 2.20. The first-order valence-corrected chi connectivity index (χ1v) is 8.64. The summed E-state index contributed by atoms with van der Waals surface area (Å²) >= 11 is 3.40. The topological polar surface area (TPSA) is 59.1 Å². The summed E-state index contributed by atoms with van der Waals surface area (Å²) < 4.78 is 24.0. The average Bonchev–Trinajstić information content (AvgIpc) is 2.29. The molecule has 1 saturated heterocycles. The van der Waals surface area contributed by atoms with Crippen molar-refractivity contribution in [2.75, 3.05) is 23.4 Å². The molecule has 0 aliphatic carbocycles. The maximum atomic E-state index is 11.5. The largest absolute Gasteiger partial charge is 0.370 e. The summed E-state index contributed by atoms with van der Waals surface area (Å²) in [6, 6.07) is 1.96. The summed E-state index contributed by atoms with van der Waals surface area (Å²) in [6.45, 7) is 2.68. The van der Waals surface area contributed by atoms with E-state index in [2.05, 4.69) is 26.2 Å². The van der Waals surface area contributed by atoms with Gasteiger partial charge >= 0.3 is 0 Å². The fourth-order valence-corrected chi connectivity index (χ4v) is 4.16. The average molecular weight is 333 g/mol. The zero-order valence-electron chi connectivity index (χ0n) is 10.3. The SMILES string of the molecule is Cc1cc(NCC2CCCS(=O)(=O)C2)ncc1Br. The van der Waals surface area contributed by atoms with Crippen LogP contribution in [0.1, 0.15) is 18.4 Å². The van der Waals surface area contributed by atoms with Crippen molar-refractivity contribution >= 4 is 31.6 Å². The molecular formula is C12H17BrN2O2S. The standard InChI is InChI=1S/C12H17BrN2O2S/c1-9-5-12(15-7-11(9)13)14-6-10-3-2-4-18(16,17)8-10/h5,7,10H,2-4,6,8H2,1H3,(H,14,15). The molecule has 2 rings (SSSR count). The number of aromatic nitrogens is 1. The van der Waals surface area contributed by atoms with Gasteiger partial charge in [0.2, 0.25) is 0 Å². The van der Waals surface area contributed by atoms with E-state index in [1.54, 1.807) is 6.20 Å². The van der Waals surface area contributed by atoms with E-state index in [0.717, 1.165) is 28.7 Å². The van der Waals surface area contributed by atoms with Gasteiger partial charge in [-0.05, 0) is 53.2 Å². The third-order valence-corrected chi connectivity index (χ3v) is 5.90. The molecule has 0 radical (unpaired) electrons. The van der Waals surface area contributed by atoms with Gasteiger partial charge in [-0.25, -0.2) is 13.4 Å². The van der Waals surface area contributed by atoms with Crippen LogP contribution in [0, 0.1) is 12.8 Å². The summed E-state index contributed by atoms with van der Waals surface area (Å²) in [5.41, 5.74) is 1.11. The lowest BCUT2D eigenvalue weighted by Crippen LogP contribution is -2.29. The van der Waals surface area contributed by atoms with Gasteiger partial charge < -0.3 is 5.32 Å². The Balaban J connectivity index is 1.93. The lowest BCUT2D eigenvalue weighted by atomic mass is 10.1. The highest BCUT2D eigenvalue weighted by Gasteiger charge is 2.24.